The van der Waals surface area contributed by atoms with Crippen LogP contribution in [0.15, 0.2) is 30.9 Å². The number of hydrogen-bond acceptors (Lipinski definition) is 6. The van der Waals surface area contributed by atoms with E-state index in [0.29, 0.717) is 36.8 Å². The maximum Gasteiger partial charge on any atom is 0.341 e. The van der Waals surface area contributed by atoms with Crippen molar-refractivity contribution in [2.75, 3.05) is 26.3 Å². The Morgan fingerprint density at radius 2 is 2.15 bits per heavy atom. The van der Waals surface area contributed by atoms with Crippen molar-refractivity contribution in [3.05, 3.63) is 36.4 Å². The van der Waals surface area contributed by atoms with Gasteiger partial charge in [0.25, 0.3) is 5.91 Å². The van der Waals surface area contributed by atoms with Gasteiger partial charge in [-0.2, -0.15) is 5.10 Å². The van der Waals surface area contributed by atoms with Crippen molar-refractivity contribution in [2.45, 2.75) is 25.8 Å². The Hall–Kier alpha value is -3.10. The highest BCUT2D eigenvalue weighted by atomic mass is 16.5. The highest BCUT2D eigenvalue weighted by Gasteiger charge is 2.26. The van der Waals surface area contributed by atoms with Gasteiger partial charge in [-0.15, -0.1) is 0 Å². The standard InChI is InChI=1S/C18H22N4O5/c1-2-26-16-8-13(5-6-15(16)27-10-17(23)24)18(25)21-7-3-4-14(9-21)22-12-19-11-20-22/h5-6,8,11-12,14H,2-4,7,9-10H2,1H3,(H,23,24). The van der Waals surface area contributed by atoms with Gasteiger partial charge in [-0.3, -0.25) is 4.79 Å². The van der Waals surface area contributed by atoms with Crippen LogP contribution in [0.3, 0.4) is 0 Å². The van der Waals surface area contributed by atoms with Crippen molar-refractivity contribution < 1.29 is 24.2 Å². The van der Waals surface area contributed by atoms with Gasteiger partial charge in [0.15, 0.2) is 18.1 Å². The first-order chi connectivity index (χ1) is 13.1. The molecule has 1 aromatic carbocycles. The molecule has 1 saturated heterocycles. The van der Waals surface area contributed by atoms with Crippen molar-refractivity contribution in [3.8, 4) is 11.5 Å². The molecule has 144 valence electrons. The summed E-state index contributed by atoms with van der Waals surface area (Å²) >= 11 is 0. The van der Waals surface area contributed by atoms with E-state index in [1.807, 2.05) is 6.92 Å². The fourth-order valence-electron chi connectivity index (χ4n) is 3.11. The number of likely N-dealkylation sites (tertiary alicyclic amines) is 1. The van der Waals surface area contributed by atoms with E-state index >= 15 is 0 Å². The molecule has 27 heavy (non-hydrogen) atoms. The summed E-state index contributed by atoms with van der Waals surface area (Å²) in [6.45, 7) is 2.94. The lowest BCUT2D eigenvalue weighted by atomic mass is 10.0. The topological polar surface area (TPSA) is 107 Å². The number of piperidine rings is 1. The molecule has 1 aliphatic rings. The Kier molecular flexibility index (Phi) is 5.90. The molecule has 1 unspecified atom stereocenters. The molecule has 1 N–H and O–H groups in total. The number of carbonyl (C=O) groups is 2. The van der Waals surface area contributed by atoms with Crippen molar-refractivity contribution in [3.63, 3.8) is 0 Å². The summed E-state index contributed by atoms with van der Waals surface area (Å²) < 4.78 is 12.5. The number of carboxylic acid groups (broad SMARTS) is 1. The average Bonchev–Trinajstić information content (AvgIpc) is 3.21. The quantitative estimate of drug-likeness (QED) is 0.785. The number of carbonyl (C=O) groups excluding carboxylic acids is 1. The first-order valence-electron chi connectivity index (χ1n) is 8.83. The maximum absolute atomic E-state index is 12.9. The van der Waals surface area contributed by atoms with Gasteiger partial charge in [0.2, 0.25) is 0 Å². The number of carboxylic acids is 1. The zero-order chi connectivity index (χ0) is 19.2. The monoisotopic (exact) mass is 374 g/mol. The predicted molar refractivity (Wildman–Crippen MR) is 94.9 cm³/mol. The molecule has 3 rings (SSSR count). The van der Waals surface area contributed by atoms with E-state index in [1.165, 1.54) is 6.33 Å². The predicted octanol–water partition coefficient (Wildman–Crippen LogP) is 1.62. The van der Waals surface area contributed by atoms with Crippen LogP contribution in [0.5, 0.6) is 11.5 Å². The van der Waals surface area contributed by atoms with Crippen LogP contribution < -0.4 is 9.47 Å². The fraction of sp³-hybridized carbons (Fsp3) is 0.444. The van der Waals surface area contributed by atoms with Gasteiger partial charge in [-0.25, -0.2) is 14.5 Å². The highest BCUT2D eigenvalue weighted by molar-refractivity contribution is 5.95. The van der Waals surface area contributed by atoms with Crippen LogP contribution in [0, 0.1) is 0 Å². The van der Waals surface area contributed by atoms with Gasteiger partial charge in [0, 0.05) is 18.7 Å². The largest absolute Gasteiger partial charge is 0.490 e. The van der Waals surface area contributed by atoms with Crippen molar-refractivity contribution >= 4 is 11.9 Å². The second-order valence-corrected chi connectivity index (χ2v) is 6.20. The van der Waals surface area contributed by atoms with Gasteiger partial charge < -0.3 is 19.5 Å². The summed E-state index contributed by atoms with van der Waals surface area (Å²) in [5.41, 5.74) is 0.473. The van der Waals surface area contributed by atoms with Crippen molar-refractivity contribution in [1.29, 1.82) is 0 Å². The van der Waals surface area contributed by atoms with Crippen LogP contribution in [0.25, 0.3) is 0 Å². The van der Waals surface area contributed by atoms with E-state index in [1.54, 1.807) is 34.1 Å². The zero-order valence-electron chi connectivity index (χ0n) is 15.1. The Morgan fingerprint density at radius 1 is 1.30 bits per heavy atom. The zero-order valence-corrected chi connectivity index (χ0v) is 15.1. The van der Waals surface area contributed by atoms with E-state index in [0.717, 1.165) is 12.8 Å². The van der Waals surface area contributed by atoms with Crippen molar-refractivity contribution in [2.24, 2.45) is 0 Å². The minimum atomic E-state index is -1.08. The molecule has 0 bridgehead atoms. The second-order valence-electron chi connectivity index (χ2n) is 6.20. The molecule has 1 aromatic heterocycles. The van der Waals surface area contributed by atoms with Gasteiger partial charge >= 0.3 is 5.97 Å². The number of aliphatic carboxylic acids is 1. The second kappa shape index (κ2) is 8.52. The molecule has 1 fully saturated rings. The average molecular weight is 374 g/mol. The lowest BCUT2D eigenvalue weighted by molar-refractivity contribution is -0.139. The first kappa shape index (κ1) is 18.7. The molecule has 9 heteroatoms. The normalized spacial score (nSPS) is 16.8. The van der Waals surface area contributed by atoms with Crippen LogP contribution in [-0.4, -0.2) is 63.0 Å². The third kappa shape index (κ3) is 4.55. The van der Waals surface area contributed by atoms with Gasteiger partial charge in [-0.1, -0.05) is 0 Å². The number of amides is 1. The molecule has 9 nitrogen and oxygen atoms in total. The first-order valence-corrected chi connectivity index (χ1v) is 8.83. The van der Waals surface area contributed by atoms with E-state index in [4.69, 9.17) is 14.6 Å². The van der Waals surface area contributed by atoms with E-state index in [2.05, 4.69) is 10.1 Å². The number of hydrogen-bond donors (Lipinski definition) is 1. The molecule has 1 aliphatic heterocycles. The summed E-state index contributed by atoms with van der Waals surface area (Å²) in [7, 11) is 0. The van der Waals surface area contributed by atoms with Gasteiger partial charge in [0.05, 0.1) is 12.6 Å². The van der Waals surface area contributed by atoms with E-state index < -0.39 is 12.6 Å². The van der Waals surface area contributed by atoms with Crippen LogP contribution >= 0.6 is 0 Å². The Balaban J connectivity index is 1.75. The van der Waals surface area contributed by atoms with Gasteiger partial charge in [0.1, 0.15) is 12.7 Å². The molecule has 0 spiro atoms. The fourth-order valence-corrected chi connectivity index (χ4v) is 3.11. The number of benzene rings is 1. The molecular weight excluding hydrogens is 352 g/mol. The third-order valence-corrected chi connectivity index (χ3v) is 4.34. The van der Waals surface area contributed by atoms with Crippen molar-refractivity contribution in [1.82, 2.24) is 19.7 Å². The van der Waals surface area contributed by atoms with Crippen LogP contribution in [0.1, 0.15) is 36.2 Å². The van der Waals surface area contributed by atoms with E-state index in [-0.39, 0.29) is 11.9 Å². The lowest BCUT2D eigenvalue weighted by Gasteiger charge is -2.32. The highest BCUT2D eigenvalue weighted by Crippen LogP contribution is 2.30. The smallest absolute Gasteiger partial charge is 0.341 e. The summed E-state index contributed by atoms with van der Waals surface area (Å²) in [6.07, 6.45) is 4.99. The number of ether oxygens (including phenoxy) is 2. The molecule has 0 radical (unpaired) electrons. The molecule has 0 aliphatic carbocycles. The van der Waals surface area contributed by atoms with Crippen LogP contribution in [0.4, 0.5) is 0 Å². The minimum Gasteiger partial charge on any atom is -0.490 e. The third-order valence-electron chi connectivity index (χ3n) is 4.34. The summed E-state index contributed by atoms with van der Waals surface area (Å²) in [5, 5.41) is 12.9. The molecule has 2 heterocycles. The molecular formula is C18H22N4O5. The molecule has 1 atom stereocenters. The Morgan fingerprint density at radius 3 is 2.85 bits per heavy atom. The van der Waals surface area contributed by atoms with E-state index in [9.17, 15) is 9.59 Å². The number of aromatic nitrogens is 3. The maximum atomic E-state index is 12.9. The number of rotatable bonds is 7. The summed E-state index contributed by atoms with van der Waals surface area (Å²) in [6, 6.07) is 4.90. The van der Waals surface area contributed by atoms with Crippen LogP contribution in [-0.2, 0) is 4.79 Å². The number of nitrogens with zero attached hydrogens (tertiary/aromatic N) is 4. The summed E-state index contributed by atoms with van der Waals surface area (Å²) in [4.78, 5) is 29.4. The van der Waals surface area contributed by atoms with Crippen LogP contribution in [0.2, 0.25) is 0 Å². The minimum absolute atomic E-state index is 0.106. The molecule has 0 saturated carbocycles. The molecule has 1 amide bonds. The summed E-state index contributed by atoms with van der Waals surface area (Å²) in [5.74, 6) is -0.528. The van der Waals surface area contributed by atoms with Gasteiger partial charge in [-0.05, 0) is 38.0 Å². The lowest BCUT2D eigenvalue weighted by Crippen LogP contribution is -2.40. The molecule has 2 aromatic rings. The Bertz CT molecular complexity index is 793. The SMILES string of the molecule is CCOc1cc(C(=O)N2CCCC(n3cncn3)C2)ccc1OCC(=O)O. The Labute approximate surface area is 156 Å².